The SMILES string of the molecule is CC(NC1CCOCC1)c1nc2c(-c3cnc4ccc(F)cc4c3)cnn2c2c1C(=O)CCN2. The number of hydrogen-bond acceptors (Lipinski definition) is 7. The molecule has 0 bridgehead atoms. The van der Waals surface area contributed by atoms with Crippen LogP contribution in [0.25, 0.3) is 27.7 Å². The number of rotatable bonds is 4. The summed E-state index contributed by atoms with van der Waals surface area (Å²) in [7, 11) is 0. The summed E-state index contributed by atoms with van der Waals surface area (Å²) in [5.41, 5.74) is 4.23. The zero-order valence-electron chi connectivity index (χ0n) is 18.8. The minimum atomic E-state index is -0.309. The topological polar surface area (TPSA) is 93.4 Å². The lowest BCUT2D eigenvalue weighted by molar-refractivity contribution is 0.0752. The predicted octanol–water partition coefficient (Wildman–Crippen LogP) is 3.91. The number of nitrogens with zero attached hydrogens (tertiary/aromatic N) is 4. The number of carbonyl (C=O) groups is 1. The van der Waals surface area contributed by atoms with Crippen molar-refractivity contribution in [1.82, 2.24) is 24.9 Å². The molecule has 1 saturated heterocycles. The van der Waals surface area contributed by atoms with Gasteiger partial charge < -0.3 is 15.4 Å². The van der Waals surface area contributed by atoms with E-state index in [1.807, 2.05) is 13.0 Å². The van der Waals surface area contributed by atoms with Gasteiger partial charge in [-0.1, -0.05) is 0 Å². The molecular formula is C25H25FN6O2. The number of halogens is 1. The van der Waals surface area contributed by atoms with Gasteiger partial charge in [0, 0.05) is 61.0 Å². The van der Waals surface area contributed by atoms with Gasteiger partial charge in [0.25, 0.3) is 0 Å². The van der Waals surface area contributed by atoms with Crippen LogP contribution < -0.4 is 10.6 Å². The first kappa shape index (κ1) is 21.1. The third-order valence-corrected chi connectivity index (χ3v) is 6.67. The molecule has 2 aliphatic rings. The Hall–Kier alpha value is -3.43. The standard InChI is InChI=1S/C25H25FN6O2/c1-14(30-18-5-8-34-9-6-18)23-22-21(33)4-7-27-25(22)32-24(31-23)19(13-29-32)16-10-15-11-17(26)2-3-20(15)28-12-16/h2-3,10-14,18,27,30H,4-9H2,1H3. The van der Waals surface area contributed by atoms with Crippen LogP contribution in [0.15, 0.2) is 36.7 Å². The van der Waals surface area contributed by atoms with Crippen molar-refractivity contribution in [3.05, 3.63) is 53.7 Å². The third kappa shape index (κ3) is 3.61. The van der Waals surface area contributed by atoms with E-state index >= 15 is 0 Å². The fourth-order valence-corrected chi connectivity index (χ4v) is 4.93. The molecule has 1 fully saturated rings. The highest BCUT2D eigenvalue weighted by Gasteiger charge is 2.30. The molecule has 4 aromatic rings. The van der Waals surface area contributed by atoms with E-state index in [0.717, 1.165) is 37.2 Å². The number of Topliss-reactive ketones (excluding diaryl/α,β-unsaturated/α-hetero) is 1. The van der Waals surface area contributed by atoms with Crippen molar-refractivity contribution in [3.8, 4) is 11.1 Å². The number of carbonyl (C=O) groups excluding carboxylic acids is 1. The lowest BCUT2D eigenvalue weighted by atomic mass is 9.98. The van der Waals surface area contributed by atoms with Gasteiger partial charge in [-0.05, 0) is 44.0 Å². The fraction of sp³-hybridized carbons (Fsp3) is 0.360. The molecular weight excluding hydrogens is 435 g/mol. The Balaban J connectivity index is 1.49. The summed E-state index contributed by atoms with van der Waals surface area (Å²) in [4.78, 5) is 22.5. The number of nitrogens with one attached hydrogen (secondary N) is 2. The molecule has 34 heavy (non-hydrogen) atoms. The van der Waals surface area contributed by atoms with Gasteiger partial charge in [-0.2, -0.15) is 9.61 Å². The monoisotopic (exact) mass is 460 g/mol. The summed E-state index contributed by atoms with van der Waals surface area (Å²) in [5, 5.41) is 12.3. The molecule has 0 aliphatic carbocycles. The number of ketones is 1. The quantitative estimate of drug-likeness (QED) is 0.477. The van der Waals surface area contributed by atoms with Gasteiger partial charge in [-0.3, -0.25) is 9.78 Å². The number of aromatic nitrogens is 4. The number of ether oxygens (including phenoxy) is 1. The van der Waals surface area contributed by atoms with Crippen molar-refractivity contribution in [2.24, 2.45) is 0 Å². The molecule has 174 valence electrons. The van der Waals surface area contributed by atoms with E-state index in [1.54, 1.807) is 23.0 Å². The first-order valence-electron chi connectivity index (χ1n) is 11.7. The molecule has 1 atom stereocenters. The van der Waals surface area contributed by atoms with E-state index in [4.69, 9.17) is 9.72 Å². The first-order valence-corrected chi connectivity index (χ1v) is 11.7. The summed E-state index contributed by atoms with van der Waals surface area (Å²) >= 11 is 0. The Kier molecular flexibility index (Phi) is 5.23. The summed E-state index contributed by atoms with van der Waals surface area (Å²) in [6.45, 7) is 4.07. The minimum absolute atomic E-state index is 0.0682. The lowest BCUT2D eigenvalue weighted by Gasteiger charge is -2.29. The maximum atomic E-state index is 13.8. The average molecular weight is 461 g/mol. The van der Waals surface area contributed by atoms with E-state index in [2.05, 4.69) is 20.7 Å². The smallest absolute Gasteiger partial charge is 0.170 e. The summed E-state index contributed by atoms with van der Waals surface area (Å²) in [6.07, 6.45) is 5.76. The molecule has 0 amide bonds. The highest BCUT2D eigenvalue weighted by molar-refractivity contribution is 6.04. The second-order valence-electron chi connectivity index (χ2n) is 8.95. The number of hydrogen-bond donors (Lipinski definition) is 2. The van der Waals surface area contributed by atoms with Gasteiger partial charge in [0.05, 0.1) is 23.0 Å². The second-order valence-corrected chi connectivity index (χ2v) is 8.95. The van der Waals surface area contributed by atoms with Crippen molar-refractivity contribution < 1.29 is 13.9 Å². The molecule has 3 aromatic heterocycles. The Labute approximate surface area is 195 Å². The van der Waals surface area contributed by atoms with Crippen LogP contribution in [0.3, 0.4) is 0 Å². The maximum absolute atomic E-state index is 13.8. The zero-order valence-corrected chi connectivity index (χ0v) is 18.8. The molecule has 9 heteroatoms. The van der Waals surface area contributed by atoms with Crippen LogP contribution in [0.5, 0.6) is 0 Å². The second kappa shape index (κ2) is 8.41. The predicted molar refractivity (Wildman–Crippen MR) is 127 cm³/mol. The molecule has 0 saturated carbocycles. The number of fused-ring (bicyclic) bond motifs is 4. The summed E-state index contributed by atoms with van der Waals surface area (Å²) < 4.78 is 21.0. The molecule has 1 aromatic carbocycles. The summed E-state index contributed by atoms with van der Waals surface area (Å²) in [6, 6.07) is 6.62. The highest BCUT2D eigenvalue weighted by atomic mass is 19.1. The van der Waals surface area contributed by atoms with Crippen LogP contribution in [0.2, 0.25) is 0 Å². The van der Waals surface area contributed by atoms with Crippen molar-refractivity contribution in [3.63, 3.8) is 0 Å². The summed E-state index contributed by atoms with van der Waals surface area (Å²) in [5.74, 6) is 0.429. The van der Waals surface area contributed by atoms with Gasteiger partial charge in [-0.15, -0.1) is 0 Å². The molecule has 2 N–H and O–H groups in total. The van der Waals surface area contributed by atoms with Gasteiger partial charge in [0.1, 0.15) is 11.6 Å². The van der Waals surface area contributed by atoms with Gasteiger partial charge in [-0.25, -0.2) is 9.37 Å². The maximum Gasteiger partial charge on any atom is 0.170 e. The van der Waals surface area contributed by atoms with E-state index in [-0.39, 0.29) is 17.6 Å². The van der Waals surface area contributed by atoms with E-state index in [0.29, 0.717) is 52.6 Å². The molecule has 8 nitrogen and oxygen atoms in total. The third-order valence-electron chi connectivity index (χ3n) is 6.67. The van der Waals surface area contributed by atoms with Gasteiger partial charge in [0.2, 0.25) is 0 Å². The van der Waals surface area contributed by atoms with E-state index in [1.165, 1.54) is 12.1 Å². The van der Waals surface area contributed by atoms with Crippen LogP contribution in [0, 0.1) is 5.82 Å². The fourth-order valence-electron chi connectivity index (χ4n) is 4.93. The van der Waals surface area contributed by atoms with Gasteiger partial charge >= 0.3 is 0 Å². The molecule has 5 heterocycles. The molecule has 0 spiro atoms. The van der Waals surface area contributed by atoms with Crippen LogP contribution in [0.4, 0.5) is 10.2 Å². The molecule has 2 aliphatic heterocycles. The Bertz CT molecular complexity index is 1410. The number of anilines is 1. The average Bonchev–Trinajstić information content (AvgIpc) is 3.28. The molecule has 0 radical (unpaired) electrons. The first-order chi connectivity index (χ1) is 16.6. The van der Waals surface area contributed by atoms with Crippen LogP contribution >= 0.6 is 0 Å². The Morgan fingerprint density at radius 1 is 1.24 bits per heavy atom. The zero-order chi connectivity index (χ0) is 23.2. The molecule has 6 rings (SSSR count). The van der Waals surface area contributed by atoms with Crippen LogP contribution in [-0.4, -0.2) is 51.2 Å². The number of pyridine rings is 1. The molecule has 1 unspecified atom stereocenters. The van der Waals surface area contributed by atoms with Crippen molar-refractivity contribution >= 4 is 28.2 Å². The highest BCUT2D eigenvalue weighted by Crippen LogP contribution is 2.34. The van der Waals surface area contributed by atoms with Crippen molar-refractivity contribution in [2.75, 3.05) is 25.1 Å². The normalized spacial score (nSPS) is 17.6. The van der Waals surface area contributed by atoms with Crippen molar-refractivity contribution in [2.45, 2.75) is 38.3 Å². The lowest BCUT2D eigenvalue weighted by Crippen LogP contribution is -2.37. The Morgan fingerprint density at radius 2 is 2.09 bits per heavy atom. The minimum Gasteiger partial charge on any atom is -0.381 e. The van der Waals surface area contributed by atoms with Crippen LogP contribution in [0.1, 0.15) is 48.3 Å². The van der Waals surface area contributed by atoms with Crippen LogP contribution in [-0.2, 0) is 4.74 Å². The van der Waals surface area contributed by atoms with Crippen molar-refractivity contribution in [1.29, 1.82) is 0 Å². The van der Waals surface area contributed by atoms with E-state index < -0.39 is 0 Å². The van der Waals surface area contributed by atoms with E-state index in [9.17, 15) is 9.18 Å². The largest absolute Gasteiger partial charge is 0.381 e. The Morgan fingerprint density at radius 3 is 2.94 bits per heavy atom. The van der Waals surface area contributed by atoms with Gasteiger partial charge in [0.15, 0.2) is 11.4 Å². The number of benzene rings is 1.